The highest BCUT2D eigenvalue weighted by molar-refractivity contribution is 7.78. The highest BCUT2D eigenvalue weighted by Crippen LogP contribution is 2.33. The molecule has 3 aromatic rings. The molecule has 2 aromatic carbocycles. The number of rotatable bonds is 8. The van der Waals surface area contributed by atoms with Gasteiger partial charge in [-0.2, -0.15) is 0 Å². The Morgan fingerprint density at radius 3 is 2.39 bits per heavy atom. The monoisotopic (exact) mass is 662 g/mol. The van der Waals surface area contributed by atoms with Crippen molar-refractivity contribution in [3.63, 3.8) is 0 Å². The molecule has 2 aliphatic heterocycles. The average molecular weight is 663 g/mol. The molecule has 3 heterocycles. The topological polar surface area (TPSA) is 117 Å². The van der Waals surface area contributed by atoms with Gasteiger partial charge in [-0.15, -0.1) is 0 Å². The van der Waals surface area contributed by atoms with E-state index in [1.807, 2.05) is 0 Å². The second kappa shape index (κ2) is 13.4. The molecule has 2 fully saturated rings. The number of hydrogen-bond donors (Lipinski definition) is 2. The number of nitrogens with one attached hydrogen (secondary N) is 1. The van der Waals surface area contributed by atoms with E-state index in [0.29, 0.717) is 0 Å². The predicted molar refractivity (Wildman–Crippen MR) is 168 cm³/mol. The van der Waals surface area contributed by atoms with E-state index in [-0.39, 0.29) is 85.9 Å². The average Bonchev–Trinajstić information content (AvgIpc) is 3.40. The van der Waals surface area contributed by atoms with Crippen molar-refractivity contribution in [1.29, 1.82) is 0 Å². The van der Waals surface area contributed by atoms with Gasteiger partial charge in [-0.3, -0.25) is 14.0 Å². The molecule has 0 unspecified atom stereocenters. The number of urea groups is 1. The molecule has 1 aromatic heterocycles. The van der Waals surface area contributed by atoms with E-state index < -0.39 is 47.1 Å². The minimum absolute atomic E-state index is 0.0272. The van der Waals surface area contributed by atoms with Crippen molar-refractivity contribution in [1.82, 2.24) is 14.2 Å². The molecule has 46 heavy (non-hydrogen) atoms. The number of anilines is 3. The standard InChI is InChI=1S/C30H33F3N6O6S/c1-4-35-16-20(28(41)44-5-2)27(40)19-13-22(32)26(24(33)25(19)35)37-10-8-36(9-11-37)23-7-6-17(12-21(23)31)38-14-18(45-30(38)43)15-39(46)29(42)34-3/h6-7,12-13,16,18,46H,4-5,8-11,14-15H2,1-3H3,(H,34,42)/t18-/m0/s1. The van der Waals surface area contributed by atoms with Crippen molar-refractivity contribution in [2.24, 2.45) is 0 Å². The number of thiol groups is 1. The summed E-state index contributed by atoms with van der Waals surface area (Å²) in [5.41, 5.74) is -1.05. The van der Waals surface area contributed by atoms with E-state index in [0.717, 1.165) is 10.4 Å². The van der Waals surface area contributed by atoms with Gasteiger partial charge in [0.15, 0.2) is 5.82 Å². The van der Waals surface area contributed by atoms with Crippen LogP contribution in [0.25, 0.3) is 10.9 Å². The van der Waals surface area contributed by atoms with Crippen LogP contribution in [0.2, 0.25) is 0 Å². The van der Waals surface area contributed by atoms with Crippen LogP contribution in [0.15, 0.2) is 35.3 Å². The van der Waals surface area contributed by atoms with Crippen LogP contribution in [0, 0.1) is 17.5 Å². The first-order chi connectivity index (χ1) is 22.0. The molecule has 2 aliphatic rings. The maximum atomic E-state index is 16.0. The Morgan fingerprint density at radius 1 is 1.07 bits per heavy atom. The Hall–Kier alpha value is -4.60. The number of fused-ring (bicyclic) bond motifs is 1. The summed E-state index contributed by atoms with van der Waals surface area (Å²) in [4.78, 5) is 54.0. The maximum absolute atomic E-state index is 16.0. The van der Waals surface area contributed by atoms with Gasteiger partial charge in [-0.1, -0.05) is 12.8 Å². The van der Waals surface area contributed by atoms with Gasteiger partial charge in [0, 0.05) is 46.0 Å². The fraction of sp³-hybridized carbons (Fsp3) is 0.400. The number of pyridine rings is 1. The highest BCUT2D eigenvalue weighted by atomic mass is 32.1. The first-order valence-electron chi connectivity index (χ1n) is 14.7. The van der Waals surface area contributed by atoms with Crippen molar-refractivity contribution in [2.75, 3.05) is 67.6 Å². The van der Waals surface area contributed by atoms with Crippen molar-refractivity contribution >= 4 is 58.9 Å². The van der Waals surface area contributed by atoms with Crippen LogP contribution in [-0.4, -0.2) is 86.0 Å². The van der Waals surface area contributed by atoms with E-state index in [9.17, 15) is 19.2 Å². The van der Waals surface area contributed by atoms with Crippen LogP contribution in [0.3, 0.4) is 0 Å². The lowest BCUT2D eigenvalue weighted by atomic mass is 10.1. The number of hydrogen-bond acceptors (Lipinski definition) is 9. The Morgan fingerprint density at radius 2 is 1.76 bits per heavy atom. The summed E-state index contributed by atoms with van der Waals surface area (Å²) >= 11 is 4.07. The summed E-state index contributed by atoms with van der Waals surface area (Å²) in [7, 11) is 1.44. The number of nitrogens with zero attached hydrogens (tertiary/aromatic N) is 5. The van der Waals surface area contributed by atoms with E-state index >= 15 is 13.2 Å². The number of halogens is 3. The number of aromatic nitrogens is 1. The van der Waals surface area contributed by atoms with Crippen LogP contribution in [0.4, 0.5) is 39.8 Å². The van der Waals surface area contributed by atoms with Crippen LogP contribution >= 0.6 is 12.8 Å². The molecule has 0 spiro atoms. The first-order valence-corrected chi connectivity index (χ1v) is 15.1. The number of amides is 3. The Kier molecular flexibility index (Phi) is 9.55. The summed E-state index contributed by atoms with van der Waals surface area (Å²) < 4.78 is 59.5. The molecule has 0 bridgehead atoms. The molecular weight excluding hydrogens is 629 g/mol. The minimum Gasteiger partial charge on any atom is -0.462 e. The normalized spacial score (nSPS) is 16.5. The van der Waals surface area contributed by atoms with Crippen molar-refractivity contribution in [3.05, 3.63) is 63.7 Å². The van der Waals surface area contributed by atoms with E-state index in [1.165, 1.54) is 39.7 Å². The van der Waals surface area contributed by atoms with E-state index in [1.54, 1.807) is 24.8 Å². The van der Waals surface area contributed by atoms with Gasteiger partial charge < -0.3 is 29.2 Å². The van der Waals surface area contributed by atoms with Crippen LogP contribution in [0.5, 0.6) is 0 Å². The van der Waals surface area contributed by atoms with Crippen LogP contribution < -0.4 is 25.4 Å². The summed E-state index contributed by atoms with van der Waals surface area (Å²) in [5.74, 6) is -3.36. The van der Waals surface area contributed by atoms with Gasteiger partial charge in [0.2, 0.25) is 5.43 Å². The van der Waals surface area contributed by atoms with Gasteiger partial charge >= 0.3 is 18.1 Å². The Balaban J connectivity index is 1.32. The third-order valence-corrected chi connectivity index (χ3v) is 8.29. The second-order valence-electron chi connectivity index (χ2n) is 10.7. The zero-order valence-electron chi connectivity index (χ0n) is 25.4. The molecule has 16 heteroatoms. The molecule has 0 saturated carbocycles. The fourth-order valence-electron chi connectivity index (χ4n) is 5.69. The number of carbonyl (C=O) groups excluding carboxylic acids is 3. The van der Waals surface area contributed by atoms with Crippen molar-refractivity contribution in [2.45, 2.75) is 26.5 Å². The van der Waals surface area contributed by atoms with Crippen molar-refractivity contribution in [3.8, 4) is 0 Å². The van der Waals surface area contributed by atoms with Crippen LogP contribution in [0.1, 0.15) is 24.2 Å². The molecule has 0 radical (unpaired) electrons. The lowest BCUT2D eigenvalue weighted by Crippen LogP contribution is -2.47. The number of aryl methyl sites for hydroxylation is 1. The predicted octanol–water partition coefficient (Wildman–Crippen LogP) is 3.75. The summed E-state index contributed by atoms with van der Waals surface area (Å²) in [6.07, 6.45) is -0.130. The highest BCUT2D eigenvalue weighted by Gasteiger charge is 2.35. The SMILES string of the molecule is CCOC(=O)c1cn(CC)c2c(F)c(N3CCN(c4ccc(N5C[C@@H](CN(S)C(=O)NC)OC5=O)cc4F)CC3)c(F)cc2c1=O. The molecular formula is C30H33F3N6O6S. The molecule has 3 amide bonds. The summed E-state index contributed by atoms with van der Waals surface area (Å²) in [6, 6.07) is 4.78. The van der Waals surface area contributed by atoms with Gasteiger partial charge in [-0.25, -0.2) is 27.6 Å². The number of cyclic esters (lactones) is 1. The second-order valence-corrected chi connectivity index (χ2v) is 11.1. The third-order valence-electron chi connectivity index (χ3n) is 7.94. The molecule has 1 N–H and O–H groups in total. The molecule has 246 valence electrons. The lowest BCUT2D eigenvalue weighted by Gasteiger charge is -2.38. The molecule has 1 atom stereocenters. The number of benzene rings is 2. The number of piperazine rings is 1. The van der Waals surface area contributed by atoms with Crippen LogP contribution in [-0.2, 0) is 16.0 Å². The quantitative estimate of drug-likeness (QED) is 0.277. The van der Waals surface area contributed by atoms with E-state index in [4.69, 9.17) is 9.47 Å². The molecule has 12 nitrogen and oxygen atoms in total. The van der Waals surface area contributed by atoms with Crippen molar-refractivity contribution < 1.29 is 37.0 Å². The smallest absolute Gasteiger partial charge is 0.414 e. The van der Waals surface area contributed by atoms with Gasteiger partial charge in [0.1, 0.15) is 29.0 Å². The summed E-state index contributed by atoms with van der Waals surface area (Å²) in [5, 5.41) is 2.14. The number of carbonyl (C=O) groups is 3. The third kappa shape index (κ3) is 6.12. The van der Waals surface area contributed by atoms with Gasteiger partial charge in [-0.05, 0) is 38.1 Å². The molecule has 0 aliphatic carbocycles. The molecule has 5 rings (SSSR count). The largest absolute Gasteiger partial charge is 0.462 e. The van der Waals surface area contributed by atoms with Gasteiger partial charge in [0.25, 0.3) is 0 Å². The van der Waals surface area contributed by atoms with E-state index in [2.05, 4.69) is 18.1 Å². The number of esters is 1. The molecule has 2 saturated heterocycles. The number of ether oxygens (including phenoxy) is 2. The summed E-state index contributed by atoms with van der Waals surface area (Å²) in [6.45, 7) is 4.37. The Bertz CT molecular complexity index is 1750. The zero-order valence-corrected chi connectivity index (χ0v) is 26.3. The minimum atomic E-state index is -0.957. The fourth-order valence-corrected chi connectivity index (χ4v) is 5.98. The maximum Gasteiger partial charge on any atom is 0.414 e. The zero-order chi connectivity index (χ0) is 33.3. The van der Waals surface area contributed by atoms with Gasteiger partial charge in [0.05, 0.1) is 42.0 Å². The Labute approximate surface area is 267 Å². The lowest BCUT2D eigenvalue weighted by molar-refractivity contribution is 0.0524. The first kappa shape index (κ1) is 32.8.